The fourth-order valence-electron chi connectivity index (χ4n) is 3.32. The highest BCUT2D eigenvalue weighted by Crippen LogP contribution is 2.32. The van der Waals surface area contributed by atoms with Crippen LogP contribution < -0.4 is 4.90 Å². The molecule has 2 fully saturated rings. The smallest absolute Gasteiger partial charge is 0.225 e. The van der Waals surface area contributed by atoms with E-state index in [1.807, 2.05) is 18.0 Å². The predicted molar refractivity (Wildman–Crippen MR) is 86.3 cm³/mol. The second kappa shape index (κ2) is 6.84. The van der Waals surface area contributed by atoms with E-state index in [4.69, 9.17) is 16.3 Å². The van der Waals surface area contributed by atoms with Crippen molar-refractivity contribution >= 4 is 23.2 Å². The summed E-state index contributed by atoms with van der Waals surface area (Å²) in [5.41, 5.74) is 2.15. The SMILES string of the molecule is Cc1cncc(Cl)c1N1CCC(C(=O)N2CCOCC2)CC1. The Bertz CT molecular complexity index is 518. The molecule has 6 heteroatoms. The first-order chi connectivity index (χ1) is 10.7. The van der Waals surface area contributed by atoms with Crippen LogP contribution in [0.4, 0.5) is 5.69 Å². The van der Waals surface area contributed by atoms with Gasteiger partial charge in [0.15, 0.2) is 0 Å². The van der Waals surface area contributed by atoms with E-state index in [1.165, 1.54) is 0 Å². The Morgan fingerprint density at radius 2 is 1.91 bits per heavy atom. The van der Waals surface area contributed by atoms with Gasteiger partial charge in [0.1, 0.15) is 0 Å². The molecule has 22 heavy (non-hydrogen) atoms. The number of morpholine rings is 1. The Hall–Kier alpha value is -1.33. The van der Waals surface area contributed by atoms with Gasteiger partial charge in [0, 0.05) is 44.5 Å². The van der Waals surface area contributed by atoms with Crippen LogP contribution in [-0.2, 0) is 9.53 Å². The van der Waals surface area contributed by atoms with Crippen molar-refractivity contribution in [2.75, 3.05) is 44.3 Å². The molecule has 0 atom stereocenters. The topological polar surface area (TPSA) is 45.7 Å². The Kier molecular flexibility index (Phi) is 4.84. The molecule has 0 aliphatic carbocycles. The molecule has 0 radical (unpaired) electrons. The number of amides is 1. The average molecular weight is 324 g/mol. The summed E-state index contributed by atoms with van der Waals surface area (Å²) in [6.45, 7) is 6.55. The van der Waals surface area contributed by atoms with Crippen LogP contribution in [0.5, 0.6) is 0 Å². The summed E-state index contributed by atoms with van der Waals surface area (Å²) in [4.78, 5) is 20.9. The Morgan fingerprint density at radius 3 is 2.55 bits per heavy atom. The number of pyridine rings is 1. The van der Waals surface area contributed by atoms with E-state index in [0.717, 1.165) is 50.3 Å². The number of piperidine rings is 1. The summed E-state index contributed by atoms with van der Waals surface area (Å²) in [6.07, 6.45) is 5.30. The van der Waals surface area contributed by atoms with Crippen LogP contribution >= 0.6 is 11.6 Å². The molecule has 1 aromatic rings. The maximum absolute atomic E-state index is 12.5. The minimum absolute atomic E-state index is 0.135. The first-order valence-corrected chi connectivity index (χ1v) is 8.26. The lowest BCUT2D eigenvalue weighted by Gasteiger charge is -2.37. The minimum atomic E-state index is 0.135. The molecule has 0 unspecified atom stereocenters. The van der Waals surface area contributed by atoms with Crippen LogP contribution in [0.2, 0.25) is 5.02 Å². The van der Waals surface area contributed by atoms with Crippen LogP contribution in [-0.4, -0.2) is 55.2 Å². The number of carbonyl (C=O) groups is 1. The zero-order valence-electron chi connectivity index (χ0n) is 12.9. The molecule has 0 saturated carbocycles. The first kappa shape index (κ1) is 15.6. The second-order valence-corrected chi connectivity index (χ2v) is 6.39. The highest BCUT2D eigenvalue weighted by atomic mass is 35.5. The molecule has 2 saturated heterocycles. The van der Waals surface area contributed by atoms with Crippen LogP contribution in [0.3, 0.4) is 0 Å². The van der Waals surface area contributed by atoms with Gasteiger partial charge in [-0.25, -0.2) is 0 Å². The van der Waals surface area contributed by atoms with Crippen LogP contribution in [0.15, 0.2) is 12.4 Å². The van der Waals surface area contributed by atoms with Gasteiger partial charge < -0.3 is 14.5 Å². The van der Waals surface area contributed by atoms with E-state index < -0.39 is 0 Å². The number of aromatic nitrogens is 1. The minimum Gasteiger partial charge on any atom is -0.378 e. The average Bonchev–Trinajstić information content (AvgIpc) is 2.55. The van der Waals surface area contributed by atoms with Crippen molar-refractivity contribution in [3.63, 3.8) is 0 Å². The quantitative estimate of drug-likeness (QED) is 0.836. The second-order valence-electron chi connectivity index (χ2n) is 5.99. The predicted octanol–water partition coefficient (Wildman–Crippen LogP) is 2.12. The third kappa shape index (κ3) is 3.20. The van der Waals surface area contributed by atoms with Gasteiger partial charge in [-0.2, -0.15) is 0 Å². The molecule has 3 rings (SSSR count). The Morgan fingerprint density at radius 1 is 1.23 bits per heavy atom. The van der Waals surface area contributed by atoms with Crippen molar-refractivity contribution in [2.45, 2.75) is 19.8 Å². The molecule has 2 aliphatic heterocycles. The normalized spacial score (nSPS) is 20.3. The molecule has 1 amide bonds. The molecule has 3 heterocycles. The molecule has 0 bridgehead atoms. The van der Waals surface area contributed by atoms with E-state index >= 15 is 0 Å². The number of ether oxygens (including phenoxy) is 1. The molecular weight excluding hydrogens is 302 g/mol. The van der Waals surface area contributed by atoms with Gasteiger partial charge in [-0.15, -0.1) is 0 Å². The van der Waals surface area contributed by atoms with Gasteiger partial charge in [-0.3, -0.25) is 9.78 Å². The number of carbonyl (C=O) groups excluding carboxylic acids is 1. The van der Waals surface area contributed by atoms with Crippen molar-refractivity contribution in [1.82, 2.24) is 9.88 Å². The van der Waals surface area contributed by atoms with Gasteiger partial charge in [0.2, 0.25) is 5.91 Å². The van der Waals surface area contributed by atoms with E-state index in [1.54, 1.807) is 6.20 Å². The molecular formula is C16H22ClN3O2. The zero-order valence-corrected chi connectivity index (χ0v) is 13.7. The lowest BCUT2D eigenvalue weighted by Crippen LogP contribution is -2.47. The monoisotopic (exact) mass is 323 g/mol. The van der Waals surface area contributed by atoms with E-state index in [-0.39, 0.29) is 5.92 Å². The largest absolute Gasteiger partial charge is 0.378 e. The Balaban J connectivity index is 1.61. The highest BCUT2D eigenvalue weighted by Gasteiger charge is 2.30. The number of nitrogens with zero attached hydrogens (tertiary/aromatic N) is 3. The standard InChI is InChI=1S/C16H22ClN3O2/c1-12-10-18-11-14(17)15(12)19-4-2-13(3-5-19)16(21)20-6-8-22-9-7-20/h10-11,13H,2-9H2,1H3. The lowest BCUT2D eigenvalue weighted by atomic mass is 9.94. The summed E-state index contributed by atoms with van der Waals surface area (Å²) in [6, 6.07) is 0. The van der Waals surface area contributed by atoms with Gasteiger partial charge in [0.25, 0.3) is 0 Å². The lowest BCUT2D eigenvalue weighted by molar-refractivity contribution is -0.140. The summed E-state index contributed by atoms with van der Waals surface area (Å²) in [7, 11) is 0. The fraction of sp³-hybridized carbons (Fsp3) is 0.625. The van der Waals surface area contributed by atoms with Gasteiger partial charge >= 0.3 is 0 Å². The molecule has 1 aromatic heterocycles. The maximum Gasteiger partial charge on any atom is 0.225 e. The van der Waals surface area contributed by atoms with Gasteiger partial charge in [-0.1, -0.05) is 11.6 Å². The van der Waals surface area contributed by atoms with Crippen molar-refractivity contribution in [2.24, 2.45) is 5.92 Å². The van der Waals surface area contributed by atoms with Crippen LogP contribution in [0, 0.1) is 12.8 Å². The molecule has 2 aliphatic rings. The summed E-state index contributed by atoms with van der Waals surface area (Å²) in [5, 5.41) is 0.693. The number of rotatable bonds is 2. The van der Waals surface area contributed by atoms with Crippen molar-refractivity contribution in [1.29, 1.82) is 0 Å². The summed E-state index contributed by atoms with van der Waals surface area (Å²) >= 11 is 6.29. The molecule has 0 N–H and O–H groups in total. The number of hydrogen-bond acceptors (Lipinski definition) is 4. The molecule has 0 aromatic carbocycles. The summed E-state index contributed by atoms with van der Waals surface area (Å²) < 4.78 is 5.32. The first-order valence-electron chi connectivity index (χ1n) is 7.88. The summed E-state index contributed by atoms with van der Waals surface area (Å²) in [5.74, 6) is 0.427. The van der Waals surface area contributed by atoms with Crippen molar-refractivity contribution in [3.8, 4) is 0 Å². The van der Waals surface area contributed by atoms with Gasteiger partial charge in [-0.05, 0) is 25.3 Å². The van der Waals surface area contributed by atoms with E-state index in [0.29, 0.717) is 24.1 Å². The Labute approximate surface area is 136 Å². The number of anilines is 1. The van der Waals surface area contributed by atoms with E-state index in [2.05, 4.69) is 9.88 Å². The molecule has 5 nitrogen and oxygen atoms in total. The number of hydrogen-bond donors (Lipinski definition) is 0. The molecule has 0 spiro atoms. The zero-order chi connectivity index (χ0) is 15.5. The third-order valence-corrected chi connectivity index (χ3v) is 4.82. The molecule has 120 valence electrons. The van der Waals surface area contributed by atoms with Crippen molar-refractivity contribution < 1.29 is 9.53 Å². The highest BCUT2D eigenvalue weighted by molar-refractivity contribution is 6.33. The third-order valence-electron chi connectivity index (χ3n) is 4.54. The van der Waals surface area contributed by atoms with Crippen LogP contribution in [0.25, 0.3) is 0 Å². The van der Waals surface area contributed by atoms with Gasteiger partial charge in [0.05, 0.1) is 23.9 Å². The fourth-order valence-corrected chi connectivity index (χ4v) is 3.64. The maximum atomic E-state index is 12.5. The van der Waals surface area contributed by atoms with Crippen molar-refractivity contribution in [3.05, 3.63) is 23.0 Å². The van der Waals surface area contributed by atoms with Crippen LogP contribution in [0.1, 0.15) is 18.4 Å². The number of aryl methyl sites for hydroxylation is 1. The van der Waals surface area contributed by atoms with E-state index in [9.17, 15) is 4.79 Å². The number of halogens is 1.